The lowest BCUT2D eigenvalue weighted by molar-refractivity contribution is -0.111. The molecule has 0 saturated heterocycles. The predicted molar refractivity (Wildman–Crippen MR) is 163 cm³/mol. The smallest absolute Gasteiger partial charge is 0.247 e. The highest BCUT2D eigenvalue weighted by Gasteiger charge is 2.19. The first-order valence-corrected chi connectivity index (χ1v) is 15.1. The molecule has 0 atom stereocenters. The van der Waals surface area contributed by atoms with Crippen LogP contribution in [0.1, 0.15) is 0 Å². The molecule has 0 bridgehead atoms. The standard InChI is InChI=1S/C27H35ClN7O3P/c1-8-25(36)30-20-15-21(23(38-5)16-22(20)35(4)14-13-34(2)3)32-27-29-17-18(28)26(33-27)31-19-11-9-10-12-24(19)39(6,7)37/h8-12,15-17H,1,13-14H2,2-7H3,(H,30,36)(H2,29,31,32,33). The van der Waals surface area contributed by atoms with Gasteiger partial charge in [-0.05, 0) is 51.7 Å². The Kier molecular flexibility index (Phi) is 9.97. The van der Waals surface area contributed by atoms with E-state index in [0.29, 0.717) is 39.0 Å². The summed E-state index contributed by atoms with van der Waals surface area (Å²) in [7, 11) is 4.94. The molecule has 0 spiro atoms. The molecule has 0 radical (unpaired) electrons. The molecule has 2 aromatic carbocycles. The van der Waals surface area contributed by atoms with Gasteiger partial charge in [-0.15, -0.1) is 0 Å². The van der Waals surface area contributed by atoms with Gasteiger partial charge in [-0.1, -0.05) is 30.3 Å². The topological polar surface area (TPSA) is 112 Å². The van der Waals surface area contributed by atoms with Crippen molar-refractivity contribution in [3.05, 3.63) is 60.3 Å². The first-order chi connectivity index (χ1) is 18.4. The van der Waals surface area contributed by atoms with Gasteiger partial charge in [0.15, 0.2) is 5.82 Å². The molecule has 0 unspecified atom stereocenters. The SMILES string of the molecule is C=CC(=O)Nc1cc(Nc2ncc(Cl)c(Nc3ccccc3P(C)(C)=O)n2)c(OC)cc1N(C)CCN(C)C. The van der Waals surface area contributed by atoms with Crippen molar-refractivity contribution in [2.75, 3.05) is 75.5 Å². The van der Waals surface area contributed by atoms with Crippen molar-refractivity contribution < 1.29 is 14.1 Å². The van der Waals surface area contributed by atoms with E-state index in [1.807, 2.05) is 56.4 Å². The molecule has 1 heterocycles. The van der Waals surface area contributed by atoms with Crippen LogP contribution in [0.4, 0.5) is 34.5 Å². The summed E-state index contributed by atoms with van der Waals surface area (Å²) in [6, 6.07) is 10.9. The molecule has 1 amide bonds. The van der Waals surface area contributed by atoms with Gasteiger partial charge in [0, 0.05) is 31.5 Å². The lowest BCUT2D eigenvalue weighted by Gasteiger charge is -2.26. The Morgan fingerprint density at radius 2 is 1.82 bits per heavy atom. The first-order valence-electron chi connectivity index (χ1n) is 12.2. The Balaban J connectivity index is 1.99. The summed E-state index contributed by atoms with van der Waals surface area (Å²) in [5, 5.41) is 10.2. The molecule has 39 heavy (non-hydrogen) atoms. The summed E-state index contributed by atoms with van der Waals surface area (Å²) >= 11 is 6.41. The predicted octanol–water partition coefficient (Wildman–Crippen LogP) is 5.00. The molecule has 3 N–H and O–H groups in total. The number of nitrogens with zero attached hydrogens (tertiary/aromatic N) is 4. The Labute approximate surface area is 234 Å². The highest BCUT2D eigenvalue weighted by Crippen LogP contribution is 2.40. The van der Waals surface area contributed by atoms with Crippen molar-refractivity contribution in [3.8, 4) is 5.75 Å². The number of hydrogen-bond donors (Lipinski definition) is 3. The second-order valence-corrected chi connectivity index (χ2v) is 13.1. The van der Waals surface area contributed by atoms with Gasteiger partial charge in [0.25, 0.3) is 0 Å². The molecule has 3 rings (SSSR count). The van der Waals surface area contributed by atoms with E-state index in [1.165, 1.54) is 12.3 Å². The molecule has 3 aromatic rings. The van der Waals surface area contributed by atoms with Crippen LogP contribution in [-0.4, -0.2) is 75.4 Å². The highest BCUT2D eigenvalue weighted by molar-refractivity contribution is 7.70. The van der Waals surface area contributed by atoms with E-state index in [1.54, 1.807) is 26.5 Å². The van der Waals surface area contributed by atoms with Crippen LogP contribution in [0, 0.1) is 0 Å². The summed E-state index contributed by atoms with van der Waals surface area (Å²) in [5.74, 6) is 0.762. The quantitative estimate of drug-likeness (QED) is 0.204. The lowest BCUT2D eigenvalue weighted by Crippen LogP contribution is -2.29. The second kappa shape index (κ2) is 13.0. The van der Waals surface area contributed by atoms with E-state index >= 15 is 0 Å². The van der Waals surface area contributed by atoms with E-state index in [0.717, 1.165) is 18.8 Å². The van der Waals surface area contributed by atoms with Crippen molar-refractivity contribution in [1.29, 1.82) is 0 Å². The number of likely N-dealkylation sites (N-methyl/N-ethyl adjacent to an activating group) is 2. The van der Waals surface area contributed by atoms with Crippen molar-refractivity contribution in [3.63, 3.8) is 0 Å². The molecule has 0 saturated carbocycles. The van der Waals surface area contributed by atoms with Crippen LogP contribution < -0.4 is 30.9 Å². The van der Waals surface area contributed by atoms with Crippen LogP contribution in [0.3, 0.4) is 0 Å². The largest absolute Gasteiger partial charge is 0.494 e. The molecule has 12 heteroatoms. The van der Waals surface area contributed by atoms with E-state index in [9.17, 15) is 9.36 Å². The molecule has 0 fully saturated rings. The zero-order chi connectivity index (χ0) is 28.7. The Hall–Kier alpha value is -3.59. The first kappa shape index (κ1) is 30.0. The number of benzene rings is 2. The van der Waals surface area contributed by atoms with Gasteiger partial charge in [0.05, 0.1) is 36.1 Å². The number of hydrogen-bond acceptors (Lipinski definition) is 9. The summed E-state index contributed by atoms with van der Waals surface area (Å²) in [5.41, 5.74) is 2.51. The van der Waals surface area contributed by atoms with Crippen molar-refractivity contribution in [2.45, 2.75) is 0 Å². The highest BCUT2D eigenvalue weighted by atomic mass is 35.5. The number of carbonyl (C=O) groups excluding carboxylic acids is 1. The molecular formula is C27H35ClN7O3P. The maximum absolute atomic E-state index is 12.8. The molecule has 10 nitrogen and oxygen atoms in total. The number of aromatic nitrogens is 2. The third-order valence-corrected chi connectivity index (χ3v) is 7.61. The normalized spacial score (nSPS) is 11.2. The Bertz CT molecular complexity index is 1390. The molecule has 0 aliphatic carbocycles. The van der Waals surface area contributed by atoms with Crippen LogP contribution in [-0.2, 0) is 9.36 Å². The number of nitrogens with one attached hydrogen (secondary N) is 3. The maximum Gasteiger partial charge on any atom is 0.247 e. The number of ether oxygens (including phenoxy) is 1. The van der Waals surface area contributed by atoms with E-state index in [2.05, 4.69) is 37.4 Å². The van der Waals surface area contributed by atoms with Gasteiger partial charge in [0.1, 0.15) is 17.9 Å². The zero-order valence-electron chi connectivity index (χ0n) is 23.1. The lowest BCUT2D eigenvalue weighted by atomic mass is 10.2. The minimum atomic E-state index is -2.56. The average Bonchev–Trinajstić information content (AvgIpc) is 2.89. The van der Waals surface area contributed by atoms with Crippen LogP contribution in [0.5, 0.6) is 5.75 Å². The fraction of sp³-hybridized carbons (Fsp3) is 0.296. The third kappa shape index (κ3) is 7.95. The Morgan fingerprint density at radius 3 is 2.46 bits per heavy atom. The van der Waals surface area contributed by atoms with Crippen LogP contribution in [0.25, 0.3) is 0 Å². The molecular weight excluding hydrogens is 537 g/mol. The van der Waals surface area contributed by atoms with Crippen molar-refractivity contribution in [1.82, 2.24) is 14.9 Å². The number of para-hydroxylation sites is 1. The monoisotopic (exact) mass is 571 g/mol. The van der Waals surface area contributed by atoms with E-state index in [-0.39, 0.29) is 11.9 Å². The second-order valence-electron chi connectivity index (χ2n) is 9.50. The van der Waals surface area contributed by atoms with E-state index < -0.39 is 7.14 Å². The minimum Gasteiger partial charge on any atom is -0.494 e. The van der Waals surface area contributed by atoms with Crippen LogP contribution in [0.15, 0.2) is 55.3 Å². The fourth-order valence-corrected chi connectivity index (χ4v) is 5.01. The van der Waals surface area contributed by atoms with Gasteiger partial charge in [0.2, 0.25) is 11.9 Å². The molecule has 208 valence electrons. The number of halogens is 1. The molecule has 1 aromatic heterocycles. The van der Waals surface area contributed by atoms with Gasteiger partial charge in [-0.2, -0.15) is 4.98 Å². The summed E-state index contributed by atoms with van der Waals surface area (Å²) in [6.45, 7) is 8.51. The minimum absolute atomic E-state index is 0.239. The maximum atomic E-state index is 12.8. The summed E-state index contributed by atoms with van der Waals surface area (Å²) < 4.78 is 18.5. The van der Waals surface area contributed by atoms with Crippen LogP contribution >= 0.6 is 18.7 Å². The Morgan fingerprint density at radius 1 is 1.10 bits per heavy atom. The number of carbonyl (C=O) groups is 1. The summed E-state index contributed by atoms with van der Waals surface area (Å²) in [4.78, 5) is 25.2. The number of amides is 1. The average molecular weight is 572 g/mol. The fourth-order valence-electron chi connectivity index (χ4n) is 3.72. The van der Waals surface area contributed by atoms with Gasteiger partial charge in [-0.3, -0.25) is 4.79 Å². The van der Waals surface area contributed by atoms with Crippen molar-refractivity contribution >= 4 is 64.5 Å². The van der Waals surface area contributed by atoms with Gasteiger partial charge >= 0.3 is 0 Å². The number of anilines is 6. The summed E-state index contributed by atoms with van der Waals surface area (Å²) in [6.07, 6.45) is 2.68. The molecule has 0 aliphatic rings. The van der Waals surface area contributed by atoms with E-state index in [4.69, 9.17) is 16.3 Å². The number of rotatable bonds is 12. The number of methoxy groups -OCH3 is 1. The third-order valence-electron chi connectivity index (χ3n) is 5.78. The van der Waals surface area contributed by atoms with Gasteiger partial charge < -0.3 is 35.1 Å². The van der Waals surface area contributed by atoms with Gasteiger partial charge in [-0.25, -0.2) is 4.98 Å². The van der Waals surface area contributed by atoms with Crippen molar-refractivity contribution in [2.24, 2.45) is 0 Å². The van der Waals surface area contributed by atoms with Crippen LogP contribution in [0.2, 0.25) is 5.02 Å². The zero-order valence-corrected chi connectivity index (χ0v) is 24.7. The molecule has 0 aliphatic heterocycles.